The van der Waals surface area contributed by atoms with Crippen molar-refractivity contribution in [3.63, 3.8) is 0 Å². The van der Waals surface area contributed by atoms with Crippen molar-refractivity contribution in [1.29, 1.82) is 0 Å². The molecule has 0 unspecified atom stereocenters. The minimum absolute atomic E-state index is 0. The maximum atomic E-state index is 11.5. The summed E-state index contributed by atoms with van der Waals surface area (Å²) in [5.74, 6) is 1.03. The third kappa shape index (κ3) is 18.3. The number of allylic oxidation sites excluding steroid dienone is 4. The fourth-order valence-electron chi connectivity index (χ4n) is 5.84. The first-order valence-corrected chi connectivity index (χ1v) is 22.5. The quantitative estimate of drug-likeness (QED) is 0.101. The zero-order valence-corrected chi connectivity index (χ0v) is 48.6. The number of hydrogen-bond acceptors (Lipinski definition) is 7. The summed E-state index contributed by atoms with van der Waals surface area (Å²) < 4.78 is 5.25. The van der Waals surface area contributed by atoms with Crippen molar-refractivity contribution in [3.8, 4) is 28.3 Å². The van der Waals surface area contributed by atoms with E-state index < -0.39 is 10.8 Å². The van der Waals surface area contributed by atoms with Gasteiger partial charge in [-0.05, 0) is 96.4 Å². The molecule has 0 amide bonds. The van der Waals surface area contributed by atoms with E-state index in [0.29, 0.717) is 0 Å². The third-order valence-corrected chi connectivity index (χ3v) is 11.0. The normalized spacial score (nSPS) is 11.9. The van der Waals surface area contributed by atoms with Gasteiger partial charge in [0.2, 0.25) is 0 Å². The number of aliphatic hydroxyl groups is 2. The number of fused-ring (bicyclic) bond motifs is 2. The second kappa shape index (κ2) is 25.2. The maximum absolute atomic E-state index is 11.5. The molecule has 2 N–H and O–H groups in total. The summed E-state index contributed by atoms with van der Waals surface area (Å²) in [7, 11) is 1.67. The Labute approximate surface area is 435 Å². The van der Waals surface area contributed by atoms with Crippen LogP contribution in [-0.2, 0) is 49.8 Å². The van der Waals surface area contributed by atoms with E-state index in [1.165, 1.54) is 50.7 Å². The fraction of sp³-hybridized carbons (Fsp3) is 0.390. The number of carbonyl (C=O) groups excluding carboxylic acids is 2. The predicted octanol–water partition coefficient (Wildman–Crippen LogP) is 15.4. The Kier molecular flexibility index (Phi) is 22.7. The number of aromatic nitrogens is 2. The Hall–Kier alpha value is -4.78. The van der Waals surface area contributed by atoms with Gasteiger partial charge in [0.15, 0.2) is 11.6 Å². The van der Waals surface area contributed by atoms with Gasteiger partial charge in [0, 0.05) is 79.8 Å². The largest absolute Gasteiger partial charge is 0.516 e. The summed E-state index contributed by atoms with van der Waals surface area (Å²) in [6.07, 6.45) is 2.67. The number of carbonyl (C=O) groups is 2. The van der Waals surface area contributed by atoms with E-state index in [1.54, 1.807) is 7.11 Å². The molecule has 7 nitrogen and oxygen atoms in total. The van der Waals surface area contributed by atoms with E-state index in [2.05, 4.69) is 108 Å². The van der Waals surface area contributed by atoms with E-state index >= 15 is 0 Å². The molecule has 370 valence electrons. The number of methoxy groups -OCH3 is 1. The molecule has 0 aliphatic heterocycles. The van der Waals surface area contributed by atoms with Crippen LogP contribution in [0, 0.1) is 75.3 Å². The molecule has 6 rings (SSSR count). The standard InChI is InChI=1S/C19H18N.C18H16NO.2C11H20O2.2Ir/c1-12-5-6-13(2)17(9-12)18-8-7-16-10-14(3)15(4)11-19(16)20-18;1-12-9-15-7-8-17(19-18(15)10-13(12)2)14-5-4-6-16(11-14)20-3;2*1-10(2,3)8(12)7-9(13)11(4,5)6;;/h5-8,10-11H,1-4H3;4,6-11H,1-3H3;2*7,12H,1-6H3;;/q2*-1;;;;. The number of ketones is 2. The van der Waals surface area contributed by atoms with Gasteiger partial charge in [-0.15, -0.1) is 64.7 Å². The SMILES string of the molecule is CC(C)(C)C(=O)C=C(O)C(C)(C)C.CC(C)(C)C(=O)C=C(O)C(C)(C)C.COc1cc[c-]c(-c2ccc3cc(C)c(C)cc3n2)c1.Cc1[c-]c(-c2ccc3cc(C)c(C)cc3n2)c(C)cc1.[Ir].[Ir]. The van der Waals surface area contributed by atoms with Crippen LogP contribution in [0.3, 0.4) is 0 Å². The number of aryl methyl sites for hydroxylation is 6. The summed E-state index contributed by atoms with van der Waals surface area (Å²) in [6, 6.07) is 33.6. The molecule has 2 radical (unpaired) electrons. The second-order valence-electron chi connectivity index (χ2n) is 21.3. The topological polar surface area (TPSA) is 110 Å². The minimum Gasteiger partial charge on any atom is -0.516 e. The molecule has 0 atom stereocenters. The molecule has 0 bridgehead atoms. The first-order valence-electron chi connectivity index (χ1n) is 22.5. The van der Waals surface area contributed by atoms with E-state index in [0.717, 1.165) is 44.9 Å². The molecule has 0 spiro atoms. The van der Waals surface area contributed by atoms with Gasteiger partial charge in [-0.2, -0.15) is 0 Å². The van der Waals surface area contributed by atoms with Crippen molar-refractivity contribution >= 4 is 33.4 Å². The van der Waals surface area contributed by atoms with Gasteiger partial charge in [0.1, 0.15) is 11.5 Å². The van der Waals surface area contributed by atoms with E-state index in [4.69, 9.17) is 14.7 Å². The smallest absolute Gasteiger partial charge is 0.164 e. The monoisotopic (exact) mass is 1280 g/mol. The molecule has 9 heteroatoms. The van der Waals surface area contributed by atoms with Gasteiger partial charge in [0.05, 0.1) is 18.1 Å². The van der Waals surface area contributed by atoms with E-state index in [-0.39, 0.29) is 74.1 Å². The summed E-state index contributed by atoms with van der Waals surface area (Å²) >= 11 is 0. The van der Waals surface area contributed by atoms with E-state index in [1.807, 2.05) is 107 Å². The number of aliphatic hydroxyl groups excluding tert-OH is 2. The van der Waals surface area contributed by atoms with Crippen LogP contribution in [0.2, 0.25) is 0 Å². The molecule has 2 aromatic heterocycles. The number of rotatable bonds is 5. The van der Waals surface area contributed by atoms with Crippen LogP contribution >= 0.6 is 0 Å². The van der Waals surface area contributed by atoms with Crippen LogP contribution in [0.1, 0.15) is 116 Å². The second-order valence-corrected chi connectivity index (χ2v) is 21.3. The molecule has 0 aliphatic carbocycles. The van der Waals surface area contributed by atoms with Crippen molar-refractivity contribution in [2.75, 3.05) is 7.11 Å². The minimum atomic E-state index is -0.417. The number of pyridine rings is 2. The molecule has 6 aromatic rings. The van der Waals surface area contributed by atoms with Gasteiger partial charge in [-0.25, -0.2) is 0 Å². The van der Waals surface area contributed by atoms with Crippen LogP contribution in [0.25, 0.3) is 44.3 Å². The van der Waals surface area contributed by atoms with Crippen molar-refractivity contribution in [3.05, 3.63) is 148 Å². The summed E-state index contributed by atoms with van der Waals surface area (Å²) in [4.78, 5) is 32.5. The number of hydrogen-bond donors (Lipinski definition) is 2. The third-order valence-electron chi connectivity index (χ3n) is 11.0. The molecule has 0 aliphatic rings. The average Bonchev–Trinajstić information content (AvgIpc) is 3.21. The Morgan fingerprint density at radius 3 is 1.35 bits per heavy atom. The van der Waals surface area contributed by atoms with E-state index in [9.17, 15) is 19.8 Å². The van der Waals surface area contributed by atoms with Gasteiger partial charge >= 0.3 is 0 Å². The van der Waals surface area contributed by atoms with Crippen LogP contribution < -0.4 is 4.74 Å². The molecule has 68 heavy (non-hydrogen) atoms. The average molecular weight is 1280 g/mol. The van der Waals surface area contributed by atoms with Crippen molar-refractivity contribution < 1.29 is 64.7 Å². The molecular formula is C59H74Ir2N2O5-2. The van der Waals surface area contributed by atoms with Gasteiger partial charge < -0.3 is 14.9 Å². The summed E-state index contributed by atoms with van der Waals surface area (Å²) in [5.41, 5.74) is 12.0. The molecule has 4 aromatic carbocycles. The number of benzene rings is 4. The van der Waals surface area contributed by atoms with Crippen molar-refractivity contribution in [2.45, 2.75) is 125 Å². The Morgan fingerprint density at radius 1 is 0.529 bits per heavy atom. The van der Waals surface area contributed by atoms with Crippen molar-refractivity contribution in [1.82, 2.24) is 9.97 Å². The van der Waals surface area contributed by atoms with Gasteiger partial charge in [-0.3, -0.25) is 19.6 Å². The maximum Gasteiger partial charge on any atom is 0.164 e. The van der Waals surface area contributed by atoms with Crippen LogP contribution in [0.5, 0.6) is 5.75 Å². The number of nitrogens with zero attached hydrogens (tertiary/aromatic N) is 2. The molecule has 0 saturated heterocycles. The first-order chi connectivity index (χ1) is 30.3. The van der Waals surface area contributed by atoms with Crippen LogP contribution in [-0.4, -0.2) is 38.9 Å². The fourth-order valence-corrected chi connectivity index (χ4v) is 5.84. The van der Waals surface area contributed by atoms with Crippen molar-refractivity contribution in [2.24, 2.45) is 21.7 Å². The van der Waals surface area contributed by atoms with Crippen LogP contribution in [0.4, 0.5) is 0 Å². The zero-order chi connectivity index (χ0) is 50.1. The van der Waals surface area contributed by atoms with Gasteiger partial charge in [-0.1, -0.05) is 121 Å². The van der Waals surface area contributed by atoms with Gasteiger partial charge in [0.25, 0.3) is 0 Å². The Balaban J connectivity index is 0.000000460. The molecule has 2 heterocycles. The molecule has 0 fully saturated rings. The summed E-state index contributed by atoms with van der Waals surface area (Å²) in [6.45, 7) is 34.9. The Bertz CT molecular complexity index is 2690. The predicted molar refractivity (Wildman–Crippen MR) is 276 cm³/mol. The first kappa shape index (κ1) is 61.2. The Morgan fingerprint density at radius 2 is 0.941 bits per heavy atom. The molecular weight excluding hydrogens is 1200 g/mol. The number of ether oxygens (including phenoxy) is 1. The molecule has 0 saturated carbocycles. The van der Waals surface area contributed by atoms with Crippen LogP contribution in [0.15, 0.2) is 103 Å². The zero-order valence-electron chi connectivity index (χ0n) is 43.8. The summed E-state index contributed by atoms with van der Waals surface area (Å²) in [5, 5.41) is 21.5.